The minimum Gasteiger partial charge on any atom is -0.507 e. The molecule has 112 valence electrons. The van der Waals surface area contributed by atoms with E-state index < -0.39 is 0 Å². The first kappa shape index (κ1) is 13.1. The number of aromatic nitrogens is 4. The number of rotatable bonds is 2. The zero-order valence-corrected chi connectivity index (χ0v) is 11.7. The number of nitrogens with one attached hydrogen (secondary N) is 1. The predicted molar refractivity (Wildman–Crippen MR) is 83.1 cm³/mol. The van der Waals surface area contributed by atoms with Gasteiger partial charge in [0.25, 0.3) is 0 Å². The topological polar surface area (TPSA) is 120 Å². The molecule has 0 fully saturated rings. The Morgan fingerprint density at radius 3 is 2.61 bits per heavy atom. The Morgan fingerprint density at radius 1 is 0.913 bits per heavy atom. The lowest BCUT2D eigenvalue weighted by atomic mass is 10.1. The third kappa shape index (κ3) is 2.13. The van der Waals surface area contributed by atoms with Crippen LogP contribution in [0.15, 0.2) is 53.2 Å². The van der Waals surface area contributed by atoms with Gasteiger partial charge in [0.05, 0.1) is 6.33 Å². The number of aromatic hydroxyl groups is 2. The minimum atomic E-state index is -0.167. The highest BCUT2D eigenvalue weighted by atomic mass is 16.3. The standard InChI is InChI=1S/C15H10N6O2/c22-10-5-11(23)12(9-4-2-1-3-8(9)10)20-21-15-13-14(17-6-16-13)18-7-19-15/h1-7,22-23H,(H,16,17,18,19). The molecule has 0 aliphatic carbocycles. The van der Waals surface area contributed by atoms with Gasteiger partial charge in [0.15, 0.2) is 5.65 Å². The monoisotopic (exact) mass is 306 g/mol. The van der Waals surface area contributed by atoms with E-state index in [9.17, 15) is 10.2 Å². The van der Waals surface area contributed by atoms with E-state index in [-0.39, 0.29) is 17.2 Å². The van der Waals surface area contributed by atoms with Crippen LogP contribution in [-0.4, -0.2) is 30.1 Å². The van der Waals surface area contributed by atoms with Crippen molar-refractivity contribution in [2.24, 2.45) is 10.2 Å². The molecule has 0 amide bonds. The normalized spacial score (nSPS) is 11.7. The van der Waals surface area contributed by atoms with Crippen LogP contribution < -0.4 is 0 Å². The first-order valence-corrected chi connectivity index (χ1v) is 6.73. The zero-order chi connectivity index (χ0) is 15.8. The van der Waals surface area contributed by atoms with Gasteiger partial charge in [-0.25, -0.2) is 15.0 Å². The second-order valence-electron chi connectivity index (χ2n) is 4.81. The van der Waals surface area contributed by atoms with Gasteiger partial charge in [0, 0.05) is 16.8 Å². The molecule has 0 atom stereocenters. The van der Waals surface area contributed by atoms with Gasteiger partial charge in [-0.15, -0.1) is 10.2 Å². The van der Waals surface area contributed by atoms with Gasteiger partial charge in [0.1, 0.15) is 29.0 Å². The van der Waals surface area contributed by atoms with Gasteiger partial charge in [-0.3, -0.25) is 0 Å². The van der Waals surface area contributed by atoms with Crippen LogP contribution in [0.4, 0.5) is 11.5 Å². The van der Waals surface area contributed by atoms with Crippen molar-refractivity contribution in [1.82, 2.24) is 19.9 Å². The molecule has 8 heteroatoms. The smallest absolute Gasteiger partial charge is 0.203 e. The van der Waals surface area contributed by atoms with Crippen LogP contribution >= 0.6 is 0 Å². The second kappa shape index (κ2) is 5.02. The zero-order valence-electron chi connectivity index (χ0n) is 11.7. The number of aromatic amines is 1. The molecular formula is C15H10N6O2. The lowest BCUT2D eigenvalue weighted by molar-refractivity contribution is 0.456. The third-order valence-electron chi connectivity index (χ3n) is 3.42. The molecule has 0 spiro atoms. The molecule has 0 unspecified atom stereocenters. The maximum absolute atomic E-state index is 10.1. The van der Waals surface area contributed by atoms with Gasteiger partial charge in [-0.05, 0) is 0 Å². The summed E-state index contributed by atoms with van der Waals surface area (Å²) in [5.74, 6) is 0.124. The predicted octanol–water partition coefficient (Wildman–Crippen LogP) is 3.33. The Morgan fingerprint density at radius 2 is 1.74 bits per heavy atom. The molecule has 0 saturated carbocycles. The van der Waals surface area contributed by atoms with Crippen molar-refractivity contribution in [2.45, 2.75) is 0 Å². The summed E-state index contributed by atoms with van der Waals surface area (Å²) in [5, 5.41) is 29.3. The van der Waals surface area contributed by atoms with Gasteiger partial charge in [0.2, 0.25) is 5.82 Å². The number of imidazole rings is 1. The summed E-state index contributed by atoms with van der Waals surface area (Å²) < 4.78 is 0. The maximum Gasteiger partial charge on any atom is 0.203 e. The molecule has 0 aliphatic heterocycles. The molecule has 8 nitrogen and oxygen atoms in total. The molecule has 0 bridgehead atoms. The quantitative estimate of drug-likeness (QED) is 0.491. The Labute approximate surface area is 129 Å². The molecule has 2 heterocycles. The highest BCUT2D eigenvalue weighted by molar-refractivity contribution is 5.99. The van der Waals surface area contributed by atoms with Gasteiger partial charge >= 0.3 is 0 Å². The number of hydrogen-bond donors (Lipinski definition) is 3. The molecule has 4 rings (SSSR count). The Hall–Kier alpha value is -3.55. The summed E-state index contributed by atoms with van der Waals surface area (Å²) in [4.78, 5) is 15.0. The van der Waals surface area contributed by atoms with Crippen molar-refractivity contribution >= 4 is 33.4 Å². The van der Waals surface area contributed by atoms with E-state index in [1.807, 2.05) is 0 Å². The first-order chi connectivity index (χ1) is 11.2. The van der Waals surface area contributed by atoms with Crippen LogP contribution in [-0.2, 0) is 0 Å². The number of phenols is 2. The van der Waals surface area contributed by atoms with Crippen molar-refractivity contribution < 1.29 is 10.2 Å². The Balaban J connectivity index is 1.89. The number of phenolic OH excluding ortho intramolecular Hbond substituents is 2. The average Bonchev–Trinajstić information content (AvgIpc) is 3.04. The van der Waals surface area contributed by atoms with Crippen molar-refractivity contribution in [1.29, 1.82) is 0 Å². The molecule has 4 aromatic rings. The summed E-state index contributed by atoms with van der Waals surface area (Å²) in [5.41, 5.74) is 1.29. The summed E-state index contributed by atoms with van der Waals surface area (Å²) in [6.45, 7) is 0. The van der Waals surface area contributed by atoms with Crippen molar-refractivity contribution in [3.05, 3.63) is 43.0 Å². The maximum atomic E-state index is 10.1. The Kier molecular flexibility index (Phi) is 2.87. The second-order valence-corrected chi connectivity index (χ2v) is 4.81. The number of hydrogen-bond acceptors (Lipinski definition) is 7. The molecule has 0 aliphatic rings. The van der Waals surface area contributed by atoms with E-state index >= 15 is 0 Å². The van der Waals surface area contributed by atoms with E-state index in [0.29, 0.717) is 27.8 Å². The largest absolute Gasteiger partial charge is 0.507 e. The number of benzene rings is 2. The summed E-state index contributed by atoms with van der Waals surface area (Å²) in [6, 6.07) is 8.30. The van der Waals surface area contributed by atoms with Crippen LogP contribution in [0.3, 0.4) is 0 Å². The fourth-order valence-corrected chi connectivity index (χ4v) is 2.36. The molecule has 23 heavy (non-hydrogen) atoms. The van der Waals surface area contributed by atoms with Crippen molar-refractivity contribution in [3.63, 3.8) is 0 Å². The van der Waals surface area contributed by atoms with Crippen molar-refractivity contribution in [2.75, 3.05) is 0 Å². The van der Waals surface area contributed by atoms with E-state index in [1.54, 1.807) is 24.3 Å². The van der Waals surface area contributed by atoms with Crippen LogP contribution in [0.5, 0.6) is 11.5 Å². The fraction of sp³-hybridized carbons (Fsp3) is 0. The first-order valence-electron chi connectivity index (χ1n) is 6.73. The number of azo groups is 1. The van der Waals surface area contributed by atoms with Gasteiger partial charge < -0.3 is 15.2 Å². The average molecular weight is 306 g/mol. The SMILES string of the molecule is Oc1cc(O)c2ccccc2c1N=Nc1ncnc2nc[nH]c12. The van der Waals surface area contributed by atoms with E-state index in [2.05, 4.69) is 30.2 Å². The van der Waals surface area contributed by atoms with E-state index in [4.69, 9.17) is 0 Å². The fourth-order valence-electron chi connectivity index (χ4n) is 2.36. The van der Waals surface area contributed by atoms with E-state index in [0.717, 1.165) is 0 Å². The lowest BCUT2D eigenvalue weighted by Crippen LogP contribution is -1.81. The third-order valence-corrected chi connectivity index (χ3v) is 3.42. The van der Waals surface area contributed by atoms with E-state index in [1.165, 1.54) is 18.7 Å². The highest BCUT2D eigenvalue weighted by Gasteiger charge is 2.11. The van der Waals surface area contributed by atoms with Gasteiger partial charge in [-0.2, -0.15) is 0 Å². The molecule has 2 aromatic heterocycles. The van der Waals surface area contributed by atoms with Crippen LogP contribution in [0.2, 0.25) is 0 Å². The lowest BCUT2D eigenvalue weighted by Gasteiger charge is -2.06. The summed E-state index contributed by atoms with van der Waals surface area (Å²) in [7, 11) is 0. The van der Waals surface area contributed by atoms with Crippen molar-refractivity contribution in [3.8, 4) is 11.5 Å². The van der Waals surface area contributed by atoms with Gasteiger partial charge in [-0.1, -0.05) is 24.3 Å². The van der Waals surface area contributed by atoms with Crippen LogP contribution in [0.1, 0.15) is 0 Å². The number of fused-ring (bicyclic) bond motifs is 2. The molecule has 3 N–H and O–H groups in total. The van der Waals surface area contributed by atoms with Crippen LogP contribution in [0.25, 0.3) is 21.9 Å². The Bertz CT molecular complexity index is 1060. The number of nitrogens with zero attached hydrogens (tertiary/aromatic N) is 5. The van der Waals surface area contributed by atoms with Crippen LogP contribution in [0, 0.1) is 0 Å². The molecule has 0 saturated heterocycles. The number of H-pyrrole nitrogens is 1. The molecular weight excluding hydrogens is 296 g/mol. The summed E-state index contributed by atoms with van der Waals surface area (Å²) >= 11 is 0. The molecule has 0 radical (unpaired) electrons. The minimum absolute atomic E-state index is 0.0185. The highest BCUT2D eigenvalue weighted by Crippen LogP contribution is 2.41. The molecule has 2 aromatic carbocycles. The summed E-state index contributed by atoms with van der Waals surface area (Å²) in [6.07, 6.45) is 2.83.